The van der Waals surface area contributed by atoms with E-state index in [1.165, 1.54) is 0 Å². The fraction of sp³-hybridized carbons (Fsp3) is 0.345. The Bertz CT molecular complexity index is 1400. The molecule has 1 aromatic heterocycles. The molecule has 0 aliphatic carbocycles. The van der Waals surface area contributed by atoms with Gasteiger partial charge in [-0.05, 0) is 69.0 Å². The fourth-order valence-electron chi connectivity index (χ4n) is 4.73. The largest absolute Gasteiger partial charge is 0.494 e. The number of rotatable bonds is 4. The molecule has 0 saturated carbocycles. The Hall–Kier alpha value is -4.07. The number of aromatic nitrogens is 2. The van der Waals surface area contributed by atoms with E-state index in [4.69, 9.17) is 9.47 Å². The first-order valence-corrected chi connectivity index (χ1v) is 12.4. The van der Waals surface area contributed by atoms with Gasteiger partial charge in [0.15, 0.2) is 0 Å². The summed E-state index contributed by atoms with van der Waals surface area (Å²) in [4.78, 5) is 33.6. The van der Waals surface area contributed by atoms with Crippen molar-refractivity contribution < 1.29 is 19.1 Å². The zero-order valence-electron chi connectivity index (χ0n) is 21.9. The van der Waals surface area contributed by atoms with Gasteiger partial charge in [-0.2, -0.15) is 0 Å². The Labute approximate surface area is 217 Å². The molecule has 0 unspecified atom stereocenters. The number of hydrogen-bond donors (Lipinski definition) is 0. The minimum atomic E-state index is -0.518. The first kappa shape index (κ1) is 24.6. The van der Waals surface area contributed by atoms with Crippen molar-refractivity contribution in [2.45, 2.75) is 46.3 Å². The molecule has 0 bridgehead atoms. The van der Waals surface area contributed by atoms with E-state index in [1.807, 2.05) is 74.9 Å². The van der Waals surface area contributed by atoms with Crippen LogP contribution in [-0.4, -0.2) is 52.3 Å². The summed E-state index contributed by atoms with van der Waals surface area (Å²) in [5.41, 5.74) is 5.90. The van der Waals surface area contributed by atoms with Crippen LogP contribution in [0.15, 0.2) is 55.0 Å². The smallest absolute Gasteiger partial charge is 0.410 e. The van der Waals surface area contributed by atoms with E-state index in [-0.39, 0.29) is 12.0 Å². The third-order valence-corrected chi connectivity index (χ3v) is 6.61. The van der Waals surface area contributed by atoms with Crippen LogP contribution in [0.25, 0.3) is 11.3 Å². The average molecular weight is 501 g/mol. The number of benzene rings is 2. The second kappa shape index (κ2) is 9.42. The lowest BCUT2D eigenvalue weighted by Crippen LogP contribution is -2.39. The Balaban J connectivity index is 1.34. The number of ether oxygens (including phenoxy) is 2. The molecule has 8 nitrogen and oxygen atoms in total. The van der Waals surface area contributed by atoms with Gasteiger partial charge in [0.2, 0.25) is 0 Å². The SMILES string of the molecule is COc1cc(N2Cc3ccc(C4=CCN(C(=O)OC(C)(C)C)CC4)cc3C2=O)ccc1-n1cnc(C)c1. The summed E-state index contributed by atoms with van der Waals surface area (Å²) in [5.74, 6) is 0.637. The van der Waals surface area contributed by atoms with Crippen LogP contribution in [-0.2, 0) is 11.3 Å². The maximum absolute atomic E-state index is 13.4. The van der Waals surface area contributed by atoms with Crippen molar-refractivity contribution in [2.75, 3.05) is 25.1 Å². The van der Waals surface area contributed by atoms with Gasteiger partial charge in [0.1, 0.15) is 11.4 Å². The third-order valence-electron chi connectivity index (χ3n) is 6.61. The van der Waals surface area contributed by atoms with Crippen LogP contribution in [0.3, 0.4) is 0 Å². The first-order valence-electron chi connectivity index (χ1n) is 12.4. The maximum atomic E-state index is 13.4. The molecule has 192 valence electrons. The summed E-state index contributed by atoms with van der Waals surface area (Å²) >= 11 is 0. The summed E-state index contributed by atoms with van der Waals surface area (Å²) in [6.45, 7) is 9.12. The summed E-state index contributed by atoms with van der Waals surface area (Å²) in [6, 6.07) is 11.9. The normalized spacial score (nSPS) is 15.5. The zero-order valence-corrected chi connectivity index (χ0v) is 21.9. The van der Waals surface area contributed by atoms with Crippen LogP contribution in [0.4, 0.5) is 10.5 Å². The minimum absolute atomic E-state index is 0.0306. The van der Waals surface area contributed by atoms with Crippen molar-refractivity contribution in [3.8, 4) is 11.4 Å². The monoisotopic (exact) mass is 500 g/mol. The molecule has 2 amide bonds. The average Bonchev–Trinajstić information content (AvgIpc) is 3.45. The van der Waals surface area contributed by atoms with Gasteiger partial charge < -0.3 is 23.8 Å². The summed E-state index contributed by atoms with van der Waals surface area (Å²) < 4.78 is 13.0. The van der Waals surface area contributed by atoms with Crippen LogP contribution < -0.4 is 9.64 Å². The number of nitrogens with zero attached hydrogens (tertiary/aromatic N) is 4. The van der Waals surface area contributed by atoms with Crippen LogP contribution in [0, 0.1) is 6.92 Å². The van der Waals surface area contributed by atoms with E-state index < -0.39 is 5.60 Å². The van der Waals surface area contributed by atoms with E-state index in [1.54, 1.807) is 23.2 Å². The molecule has 2 aliphatic heterocycles. The van der Waals surface area contributed by atoms with Crippen molar-refractivity contribution in [1.82, 2.24) is 14.5 Å². The molecule has 0 fully saturated rings. The van der Waals surface area contributed by atoms with Gasteiger partial charge in [0, 0.05) is 36.6 Å². The van der Waals surface area contributed by atoms with Crippen molar-refractivity contribution in [3.05, 3.63) is 77.4 Å². The molecule has 2 aliphatic rings. The van der Waals surface area contributed by atoms with E-state index in [0.717, 1.165) is 33.8 Å². The van der Waals surface area contributed by atoms with Crippen LogP contribution in [0.5, 0.6) is 5.75 Å². The number of aryl methyl sites for hydroxylation is 1. The highest BCUT2D eigenvalue weighted by atomic mass is 16.6. The number of anilines is 1. The summed E-state index contributed by atoms with van der Waals surface area (Å²) in [5, 5.41) is 0. The highest BCUT2D eigenvalue weighted by Crippen LogP contribution is 2.35. The highest BCUT2D eigenvalue weighted by molar-refractivity contribution is 6.10. The van der Waals surface area contributed by atoms with E-state index in [9.17, 15) is 9.59 Å². The number of fused-ring (bicyclic) bond motifs is 1. The number of carbonyl (C=O) groups is 2. The molecule has 8 heteroatoms. The molecule has 0 spiro atoms. The summed E-state index contributed by atoms with van der Waals surface area (Å²) in [7, 11) is 1.63. The zero-order chi connectivity index (χ0) is 26.3. The summed E-state index contributed by atoms with van der Waals surface area (Å²) in [6.07, 6.45) is 6.14. The van der Waals surface area contributed by atoms with Crippen molar-refractivity contribution >= 4 is 23.3 Å². The quantitative estimate of drug-likeness (QED) is 0.481. The van der Waals surface area contributed by atoms with Crippen molar-refractivity contribution in [3.63, 3.8) is 0 Å². The number of carbonyl (C=O) groups excluding carboxylic acids is 2. The molecule has 3 heterocycles. The van der Waals surface area contributed by atoms with Gasteiger partial charge in [-0.25, -0.2) is 9.78 Å². The minimum Gasteiger partial charge on any atom is -0.494 e. The predicted molar refractivity (Wildman–Crippen MR) is 142 cm³/mol. The Morgan fingerprint density at radius 1 is 1.11 bits per heavy atom. The molecular formula is C29H32N4O4. The topological polar surface area (TPSA) is 76.9 Å². The van der Waals surface area contributed by atoms with Gasteiger partial charge in [-0.15, -0.1) is 0 Å². The van der Waals surface area contributed by atoms with Gasteiger partial charge in [0.25, 0.3) is 5.91 Å². The van der Waals surface area contributed by atoms with Crippen molar-refractivity contribution in [2.24, 2.45) is 0 Å². The van der Waals surface area contributed by atoms with E-state index in [2.05, 4.69) is 11.1 Å². The van der Waals surface area contributed by atoms with Gasteiger partial charge in [0.05, 0.1) is 31.4 Å². The second-order valence-corrected chi connectivity index (χ2v) is 10.4. The number of amides is 2. The lowest BCUT2D eigenvalue weighted by Gasteiger charge is -2.29. The Kier molecular flexibility index (Phi) is 6.27. The Morgan fingerprint density at radius 3 is 2.57 bits per heavy atom. The molecule has 37 heavy (non-hydrogen) atoms. The maximum Gasteiger partial charge on any atom is 0.410 e. The molecule has 3 aromatic rings. The highest BCUT2D eigenvalue weighted by Gasteiger charge is 2.30. The predicted octanol–water partition coefficient (Wildman–Crippen LogP) is 5.37. The lowest BCUT2D eigenvalue weighted by molar-refractivity contribution is 0.0270. The van der Waals surface area contributed by atoms with Gasteiger partial charge in [-0.1, -0.05) is 18.2 Å². The molecule has 5 rings (SSSR count). The Morgan fingerprint density at radius 2 is 1.92 bits per heavy atom. The molecule has 0 saturated heterocycles. The third kappa shape index (κ3) is 4.96. The standard InChI is InChI=1S/C29H32N4O4/c1-19-16-32(18-30-19)25-9-8-23(15-26(25)36-5)33-17-22-7-6-21(14-24(22)27(33)34)20-10-12-31(13-11-20)28(35)37-29(2,3)4/h6-10,14-16,18H,11-13,17H2,1-5H3. The van der Waals surface area contributed by atoms with Crippen LogP contribution >= 0.6 is 0 Å². The number of imidazole rings is 1. The van der Waals surface area contributed by atoms with E-state index in [0.29, 0.717) is 37.4 Å². The molecule has 0 atom stereocenters. The van der Waals surface area contributed by atoms with Gasteiger partial charge >= 0.3 is 6.09 Å². The second-order valence-electron chi connectivity index (χ2n) is 10.4. The number of hydrogen-bond acceptors (Lipinski definition) is 5. The molecule has 2 aromatic carbocycles. The van der Waals surface area contributed by atoms with Crippen LogP contribution in [0.1, 0.15) is 54.4 Å². The molecule has 0 N–H and O–H groups in total. The van der Waals surface area contributed by atoms with Crippen molar-refractivity contribution in [1.29, 1.82) is 0 Å². The molecular weight excluding hydrogens is 468 g/mol. The van der Waals surface area contributed by atoms with Gasteiger partial charge in [-0.3, -0.25) is 4.79 Å². The molecule has 0 radical (unpaired) electrons. The van der Waals surface area contributed by atoms with E-state index >= 15 is 0 Å². The fourth-order valence-corrected chi connectivity index (χ4v) is 4.73. The van der Waals surface area contributed by atoms with Crippen LogP contribution in [0.2, 0.25) is 0 Å². The lowest BCUT2D eigenvalue weighted by atomic mass is 9.96. The number of methoxy groups -OCH3 is 1. The first-order chi connectivity index (χ1) is 17.6.